The van der Waals surface area contributed by atoms with Crippen LogP contribution in [0, 0.1) is 5.92 Å². The highest BCUT2D eigenvalue weighted by Crippen LogP contribution is 2.38. The number of hydrogen-bond donors (Lipinski definition) is 2. The molecule has 1 fully saturated rings. The van der Waals surface area contributed by atoms with Crippen molar-refractivity contribution in [1.82, 2.24) is 19.9 Å². The Kier molecular flexibility index (Phi) is 5.39. The number of aromatic nitrogens is 4. The van der Waals surface area contributed by atoms with Gasteiger partial charge in [-0.2, -0.15) is 26.3 Å². The maximum atomic E-state index is 13.0. The molecule has 3 heterocycles. The molecule has 0 atom stereocenters. The molecule has 0 saturated heterocycles. The predicted molar refractivity (Wildman–Crippen MR) is 104 cm³/mol. The zero-order valence-corrected chi connectivity index (χ0v) is 16.3. The predicted octanol–water partition coefficient (Wildman–Crippen LogP) is 5.25. The van der Waals surface area contributed by atoms with Crippen LogP contribution in [0.4, 0.5) is 43.8 Å². The van der Waals surface area contributed by atoms with Gasteiger partial charge in [0.15, 0.2) is 5.82 Å². The van der Waals surface area contributed by atoms with Gasteiger partial charge >= 0.3 is 12.4 Å². The third-order valence-electron chi connectivity index (χ3n) is 4.83. The molecule has 3 N–H and O–H groups in total. The molecule has 168 valence electrons. The van der Waals surface area contributed by atoms with Gasteiger partial charge in [-0.3, -0.25) is 0 Å². The molecule has 6 nitrogen and oxygen atoms in total. The lowest BCUT2D eigenvalue weighted by Gasteiger charge is -2.15. The van der Waals surface area contributed by atoms with E-state index in [9.17, 15) is 26.3 Å². The Hall–Kier alpha value is -3.44. The van der Waals surface area contributed by atoms with Gasteiger partial charge in [0.25, 0.3) is 0 Å². The molecule has 1 aliphatic rings. The first-order chi connectivity index (χ1) is 15.0. The normalized spacial score (nSPS) is 14.4. The van der Waals surface area contributed by atoms with Crippen LogP contribution in [0.15, 0.2) is 36.5 Å². The summed E-state index contributed by atoms with van der Waals surface area (Å²) >= 11 is 0. The summed E-state index contributed by atoms with van der Waals surface area (Å²) in [4.78, 5) is 15.8. The van der Waals surface area contributed by atoms with Crippen molar-refractivity contribution >= 4 is 17.5 Å². The van der Waals surface area contributed by atoms with E-state index >= 15 is 0 Å². The molecule has 32 heavy (non-hydrogen) atoms. The summed E-state index contributed by atoms with van der Waals surface area (Å²) in [6.07, 6.45) is -5.87. The van der Waals surface area contributed by atoms with E-state index in [0.717, 1.165) is 43.3 Å². The van der Waals surface area contributed by atoms with Gasteiger partial charge in [-0.1, -0.05) is 6.07 Å². The molecule has 0 aromatic carbocycles. The molecule has 0 unspecified atom stereocenters. The molecule has 0 aliphatic heterocycles. The minimum Gasteiger partial charge on any atom is -0.383 e. The third kappa shape index (κ3) is 4.89. The van der Waals surface area contributed by atoms with E-state index in [1.807, 2.05) is 0 Å². The molecule has 3 aromatic rings. The first-order valence-electron chi connectivity index (χ1n) is 9.52. The summed E-state index contributed by atoms with van der Waals surface area (Å²) in [6, 6.07) is 4.88. The molecular weight excluding hydrogens is 438 g/mol. The first-order valence-corrected chi connectivity index (χ1v) is 9.52. The van der Waals surface area contributed by atoms with Gasteiger partial charge in [0.1, 0.15) is 28.8 Å². The Balaban J connectivity index is 1.76. The van der Waals surface area contributed by atoms with Crippen LogP contribution in [-0.2, 0) is 18.8 Å². The first kappa shape index (κ1) is 21.8. The summed E-state index contributed by atoms with van der Waals surface area (Å²) in [6.45, 7) is 0. The van der Waals surface area contributed by atoms with Crippen molar-refractivity contribution < 1.29 is 26.3 Å². The largest absolute Gasteiger partial charge is 0.433 e. The molecule has 4 rings (SSSR count). The fraction of sp³-hybridized carbons (Fsp3) is 0.300. The van der Waals surface area contributed by atoms with Gasteiger partial charge in [0, 0.05) is 11.8 Å². The van der Waals surface area contributed by atoms with E-state index in [-0.39, 0.29) is 29.0 Å². The van der Waals surface area contributed by atoms with Crippen molar-refractivity contribution in [3.8, 4) is 11.5 Å². The summed E-state index contributed by atoms with van der Waals surface area (Å²) < 4.78 is 78.3. The molecule has 12 heteroatoms. The molecule has 0 spiro atoms. The average Bonchev–Trinajstić information content (AvgIpc) is 3.54. The van der Waals surface area contributed by atoms with Crippen molar-refractivity contribution in [2.75, 3.05) is 11.1 Å². The Morgan fingerprint density at radius 2 is 1.72 bits per heavy atom. The van der Waals surface area contributed by atoms with Crippen LogP contribution < -0.4 is 11.1 Å². The Morgan fingerprint density at radius 1 is 0.969 bits per heavy atom. The van der Waals surface area contributed by atoms with Crippen LogP contribution in [0.25, 0.3) is 11.5 Å². The minimum atomic E-state index is -4.67. The van der Waals surface area contributed by atoms with Crippen molar-refractivity contribution in [1.29, 1.82) is 0 Å². The zero-order chi connectivity index (χ0) is 23.1. The Labute approximate surface area is 177 Å². The van der Waals surface area contributed by atoms with Crippen LogP contribution >= 0.6 is 0 Å². The Bertz CT molecular complexity index is 1140. The van der Waals surface area contributed by atoms with Crippen LogP contribution in [0.1, 0.15) is 29.7 Å². The molecule has 3 aromatic heterocycles. The second-order valence-electron chi connectivity index (χ2n) is 7.37. The third-order valence-corrected chi connectivity index (χ3v) is 4.83. The lowest BCUT2D eigenvalue weighted by atomic mass is 10.1. The lowest BCUT2D eigenvalue weighted by molar-refractivity contribution is -0.141. The van der Waals surface area contributed by atoms with E-state index in [1.165, 1.54) is 6.07 Å². The van der Waals surface area contributed by atoms with Crippen LogP contribution in [-0.4, -0.2) is 19.9 Å². The number of hydrogen-bond acceptors (Lipinski definition) is 6. The number of nitrogen functional groups attached to an aromatic ring is 1. The van der Waals surface area contributed by atoms with Crippen molar-refractivity contribution in [2.24, 2.45) is 5.92 Å². The second kappa shape index (κ2) is 7.92. The smallest absolute Gasteiger partial charge is 0.383 e. The van der Waals surface area contributed by atoms with Gasteiger partial charge in [0.2, 0.25) is 0 Å². The van der Waals surface area contributed by atoms with Gasteiger partial charge < -0.3 is 11.1 Å². The molecular formula is C20H16F6N6. The quantitative estimate of drug-likeness (QED) is 0.512. The van der Waals surface area contributed by atoms with Gasteiger partial charge in [-0.15, -0.1) is 0 Å². The fourth-order valence-electron chi connectivity index (χ4n) is 3.04. The maximum absolute atomic E-state index is 13.0. The van der Waals surface area contributed by atoms with E-state index in [2.05, 4.69) is 25.3 Å². The van der Waals surface area contributed by atoms with Gasteiger partial charge in [-0.25, -0.2) is 19.9 Å². The van der Waals surface area contributed by atoms with Crippen molar-refractivity contribution in [3.05, 3.63) is 53.3 Å². The highest BCUT2D eigenvalue weighted by Gasteiger charge is 2.33. The van der Waals surface area contributed by atoms with Crippen LogP contribution in [0.5, 0.6) is 0 Å². The van der Waals surface area contributed by atoms with E-state index in [0.29, 0.717) is 17.9 Å². The zero-order valence-electron chi connectivity index (χ0n) is 16.3. The standard InChI is InChI=1S/C20H16F6N6/c21-19(22,23)11-6-7-28-15(9-11)30-17-12(8-10-4-5-10)16(27)31-18(32-17)13-2-1-3-14(29-13)20(24,25)26/h1-3,6-7,9-10H,4-5,8H2,(H3,27,28,30,31,32). The van der Waals surface area contributed by atoms with E-state index in [4.69, 9.17) is 5.73 Å². The van der Waals surface area contributed by atoms with E-state index in [1.54, 1.807) is 0 Å². The number of rotatable bonds is 5. The van der Waals surface area contributed by atoms with Crippen molar-refractivity contribution in [3.63, 3.8) is 0 Å². The topological polar surface area (TPSA) is 89.6 Å². The SMILES string of the molecule is Nc1nc(-c2cccc(C(F)(F)F)n2)nc(Nc2cc(C(F)(F)F)ccn2)c1CC1CC1. The number of alkyl halides is 6. The minimum absolute atomic E-state index is 0.00980. The number of nitrogens with zero attached hydrogens (tertiary/aromatic N) is 4. The van der Waals surface area contributed by atoms with Gasteiger partial charge in [-0.05, 0) is 49.4 Å². The van der Waals surface area contributed by atoms with E-state index < -0.39 is 23.6 Å². The van der Waals surface area contributed by atoms with Crippen LogP contribution in [0.3, 0.4) is 0 Å². The Morgan fingerprint density at radius 3 is 2.38 bits per heavy atom. The molecule has 0 bridgehead atoms. The number of nitrogens with one attached hydrogen (secondary N) is 1. The fourth-order valence-corrected chi connectivity index (χ4v) is 3.04. The average molecular weight is 454 g/mol. The highest BCUT2D eigenvalue weighted by molar-refractivity contribution is 5.67. The summed E-state index contributed by atoms with van der Waals surface area (Å²) in [7, 11) is 0. The summed E-state index contributed by atoms with van der Waals surface area (Å²) in [5, 5.41) is 2.72. The summed E-state index contributed by atoms with van der Waals surface area (Å²) in [5.41, 5.74) is 4.31. The second-order valence-corrected chi connectivity index (χ2v) is 7.37. The molecule has 1 aliphatic carbocycles. The number of anilines is 3. The molecule has 0 amide bonds. The number of nitrogens with two attached hydrogens (primary N) is 1. The number of pyridine rings is 2. The molecule has 0 radical (unpaired) electrons. The van der Waals surface area contributed by atoms with Crippen LogP contribution in [0.2, 0.25) is 0 Å². The van der Waals surface area contributed by atoms with Crippen molar-refractivity contribution in [2.45, 2.75) is 31.6 Å². The molecule has 1 saturated carbocycles. The van der Waals surface area contributed by atoms with Gasteiger partial charge in [0.05, 0.1) is 5.56 Å². The highest BCUT2D eigenvalue weighted by atomic mass is 19.4. The number of halogens is 6. The monoisotopic (exact) mass is 454 g/mol. The maximum Gasteiger partial charge on any atom is 0.433 e. The lowest BCUT2D eigenvalue weighted by Crippen LogP contribution is -2.12. The summed E-state index contributed by atoms with van der Waals surface area (Å²) in [5.74, 6) is 0.0787.